The highest BCUT2D eigenvalue weighted by Crippen LogP contribution is 2.42. The number of hydrogen-bond donors (Lipinski definition) is 1. The van der Waals surface area contributed by atoms with Crippen LogP contribution in [0.2, 0.25) is 0 Å². The Bertz CT molecular complexity index is 1220. The maximum atomic E-state index is 5.83. The number of pyridine rings is 2. The lowest BCUT2D eigenvalue weighted by Crippen LogP contribution is -2.30. The third kappa shape index (κ3) is 3.59. The number of nitrogens with one attached hydrogen (secondary N) is 1. The van der Waals surface area contributed by atoms with Gasteiger partial charge >= 0.3 is 0 Å². The van der Waals surface area contributed by atoms with Crippen molar-refractivity contribution in [3.8, 4) is 5.82 Å². The molecule has 1 N–H and O–H groups in total. The van der Waals surface area contributed by atoms with Crippen LogP contribution in [-0.2, 0) is 0 Å². The van der Waals surface area contributed by atoms with E-state index < -0.39 is 0 Å². The average Bonchev–Trinajstić information content (AvgIpc) is 3.39. The number of benzene rings is 1. The van der Waals surface area contributed by atoms with E-state index in [1.54, 1.807) is 0 Å². The van der Waals surface area contributed by atoms with Crippen LogP contribution in [0.1, 0.15) is 34.6 Å². The van der Waals surface area contributed by atoms with Crippen LogP contribution in [0.25, 0.3) is 5.82 Å². The predicted molar refractivity (Wildman–Crippen MR) is 127 cm³/mol. The molecule has 4 heterocycles. The molecule has 1 aliphatic heterocycles. The lowest BCUT2D eigenvalue weighted by molar-refractivity contribution is 0.548. The maximum absolute atomic E-state index is 5.83. The van der Waals surface area contributed by atoms with Crippen molar-refractivity contribution >= 4 is 23.0 Å². The Morgan fingerprint density at radius 1 is 0.903 bits per heavy atom. The van der Waals surface area contributed by atoms with E-state index in [0.717, 1.165) is 28.5 Å². The van der Waals surface area contributed by atoms with Crippen LogP contribution in [0.4, 0.5) is 5.69 Å². The van der Waals surface area contributed by atoms with Crippen LogP contribution in [0, 0.1) is 13.8 Å². The molecular weight excluding hydrogens is 402 g/mol. The van der Waals surface area contributed by atoms with E-state index in [1.807, 2.05) is 43.6 Å². The summed E-state index contributed by atoms with van der Waals surface area (Å²) < 4.78 is 2.14. The molecule has 5 nitrogen and oxygen atoms in total. The van der Waals surface area contributed by atoms with Crippen molar-refractivity contribution in [2.45, 2.75) is 25.9 Å². The molecule has 3 aromatic heterocycles. The fraction of sp³-hybridized carbons (Fsp3) is 0.160. The molecule has 1 aromatic carbocycles. The Morgan fingerprint density at radius 2 is 1.81 bits per heavy atom. The Morgan fingerprint density at radius 3 is 2.55 bits per heavy atom. The average molecular weight is 426 g/mol. The van der Waals surface area contributed by atoms with E-state index in [9.17, 15) is 0 Å². The Labute approximate surface area is 187 Å². The number of aromatic nitrogens is 3. The topological polar surface area (TPSA) is 46.0 Å². The first kappa shape index (κ1) is 19.5. The second-order valence-corrected chi connectivity index (χ2v) is 8.22. The summed E-state index contributed by atoms with van der Waals surface area (Å²) in [5.74, 6) is 0.882. The molecule has 5 rings (SSSR count). The van der Waals surface area contributed by atoms with E-state index in [0.29, 0.717) is 5.11 Å². The van der Waals surface area contributed by atoms with Gasteiger partial charge in [-0.25, -0.2) is 4.98 Å². The molecule has 1 saturated heterocycles. The van der Waals surface area contributed by atoms with Crippen molar-refractivity contribution in [2.24, 2.45) is 0 Å². The van der Waals surface area contributed by atoms with E-state index in [2.05, 4.69) is 80.3 Å². The summed E-state index contributed by atoms with van der Waals surface area (Å²) in [5, 5.41) is 4.22. The van der Waals surface area contributed by atoms with E-state index in [4.69, 9.17) is 12.2 Å². The van der Waals surface area contributed by atoms with Crippen molar-refractivity contribution in [3.05, 3.63) is 108 Å². The third-order valence-electron chi connectivity index (χ3n) is 5.60. The van der Waals surface area contributed by atoms with E-state index >= 15 is 0 Å². The standard InChI is InChI=1S/C25H23N5S/c1-17-7-5-8-19(15-17)30-24(23(28-25(30)31)20-9-3-4-13-26-20)21-10-6-14-29(21)22-12-11-18(2)16-27-22/h3-16,23-24H,1-2H3,(H,28,31)/t23-,24-/m1/s1. The van der Waals surface area contributed by atoms with Gasteiger partial charge < -0.3 is 14.8 Å². The molecule has 0 unspecified atom stereocenters. The highest BCUT2D eigenvalue weighted by molar-refractivity contribution is 7.80. The molecule has 0 saturated carbocycles. The summed E-state index contributed by atoms with van der Waals surface area (Å²) in [7, 11) is 0. The fourth-order valence-electron chi connectivity index (χ4n) is 4.16. The normalized spacial score (nSPS) is 18.3. The molecule has 0 amide bonds. The minimum Gasteiger partial charge on any atom is -0.351 e. The van der Waals surface area contributed by atoms with Crippen molar-refractivity contribution in [1.82, 2.24) is 19.9 Å². The van der Waals surface area contributed by atoms with Gasteiger partial charge in [-0.3, -0.25) is 4.98 Å². The summed E-state index contributed by atoms with van der Waals surface area (Å²) >= 11 is 5.83. The zero-order valence-corrected chi connectivity index (χ0v) is 18.3. The smallest absolute Gasteiger partial charge is 0.174 e. The molecule has 0 bridgehead atoms. The van der Waals surface area contributed by atoms with Crippen LogP contribution >= 0.6 is 12.2 Å². The third-order valence-corrected chi connectivity index (χ3v) is 5.92. The fourth-order valence-corrected chi connectivity index (χ4v) is 4.50. The van der Waals surface area contributed by atoms with Gasteiger partial charge in [-0.1, -0.05) is 24.3 Å². The highest BCUT2D eigenvalue weighted by atomic mass is 32.1. The van der Waals surface area contributed by atoms with E-state index in [1.165, 1.54) is 5.56 Å². The summed E-state index contributed by atoms with van der Waals surface area (Å²) in [4.78, 5) is 11.5. The van der Waals surface area contributed by atoms with Crippen molar-refractivity contribution in [1.29, 1.82) is 0 Å². The molecule has 31 heavy (non-hydrogen) atoms. The lowest BCUT2D eigenvalue weighted by Gasteiger charge is -2.29. The van der Waals surface area contributed by atoms with Gasteiger partial charge in [-0.2, -0.15) is 0 Å². The number of aryl methyl sites for hydroxylation is 2. The molecular formula is C25H23N5S. The van der Waals surface area contributed by atoms with Gasteiger partial charge in [-0.15, -0.1) is 0 Å². The summed E-state index contributed by atoms with van der Waals surface area (Å²) in [6.45, 7) is 4.14. The molecule has 1 fully saturated rings. The molecule has 154 valence electrons. The monoisotopic (exact) mass is 425 g/mol. The molecule has 6 heteroatoms. The Hall–Kier alpha value is -3.51. The molecule has 2 atom stereocenters. The maximum Gasteiger partial charge on any atom is 0.174 e. The Balaban J connectivity index is 1.67. The van der Waals surface area contributed by atoms with Crippen molar-refractivity contribution < 1.29 is 0 Å². The summed E-state index contributed by atoms with van der Waals surface area (Å²) in [6, 6.07) is 22.6. The number of thiocarbonyl (C=S) groups is 1. The molecule has 0 spiro atoms. The SMILES string of the molecule is Cc1ccc(-n2cccc2[C@@H]2[C@@H](c3ccccn3)NC(=S)N2c2cccc(C)c2)nc1. The van der Waals surface area contributed by atoms with Crippen LogP contribution in [0.5, 0.6) is 0 Å². The highest BCUT2D eigenvalue weighted by Gasteiger charge is 2.42. The van der Waals surface area contributed by atoms with Crippen molar-refractivity contribution in [3.63, 3.8) is 0 Å². The summed E-state index contributed by atoms with van der Waals surface area (Å²) in [5.41, 5.74) is 5.44. The molecule has 0 radical (unpaired) electrons. The van der Waals surface area contributed by atoms with Crippen LogP contribution in [0.15, 0.2) is 85.3 Å². The summed E-state index contributed by atoms with van der Waals surface area (Å²) in [6.07, 6.45) is 5.77. The van der Waals surface area contributed by atoms with Crippen molar-refractivity contribution in [2.75, 3.05) is 4.90 Å². The molecule has 1 aliphatic rings. The largest absolute Gasteiger partial charge is 0.351 e. The number of nitrogens with zero attached hydrogens (tertiary/aromatic N) is 4. The first-order chi connectivity index (χ1) is 15.1. The van der Waals surface area contributed by atoms with Crippen LogP contribution < -0.4 is 10.2 Å². The number of anilines is 1. The molecule has 4 aromatic rings. The quantitative estimate of drug-likeness (QED) is 0.463. The van der Waals surface area contributed by atoms with Crippen LogP contribution in [-0.4, -0.2) is 19.6 Å². The first-order valence-electron chi connectivity index (χ1n) is 10.3. The Kier molecular flexibility index (Phi) is 5.00. The minimum atomic E-state index is -0.0895. The minimum absolute atomic E-state index is 0.0812. The van der Waals surface area contributed by atoms with Gasteiger partial charge in [0.05, 0.1) is 11.7 Å². The second kappa shape index (κ2) is 7.96. The zero-order chi connectivity index (χ0) is 21.4. The predicted octanol–water partition coefficient (Wildman–Crippen LogP) is 5.06. The van der Waals surface area contributed by atoms with Gasteiger partial charge in [0.1, 0.15) is 11.9 Å². The second-order valence-electron chi connectivity index (χ2n) is 7.83. The number of hydrogen-bond acceptors (Lipinski definition) is 3. The number of rotatable bonds is 4. The van der Waals surface area contributed by atoms with Crippen LogP contribution in [0.3, 0.4) is 0 Å². The first-order valence-corrected chi connectivity index (χ1v) is 10.7. The lowest BCUT2D eigenvalue weighted by atomic mass is 10.0. The van der Waals surface area contributed by atoms with Gasteiger partial charge in [0.25, 0.3) is 0 Å². The molecule has 0 aliphatic carbocycles. The van der Waals surface area contributed by atoms with E-state index in [-0.39, 0.29) is 12.1 Å². The van der Waals surface area contributed by atoms with Gasteiger partial charge in [0.2, 0.25) is 0 Å². The van der Waals surface area contributed by atoms with Gasteiger partial charge in [0, 0.05) is 30.0 Å². The zero-order valence-electron chi connectivity index (χ0n) is 17.4. The van der Waals surface area contributed by atoms with Gasteiger partial charge in [-0.05, 0) is 79.7 Å². The van der Waals surface area contributed by atoms with Gasteiger partial charge in [0.15, 0.2) is 5.11 Å².